The second kappa shape index (κ2) is 18.1. The molecule has 0 radical (unpaired) electrons. The summed E-state index contributed by atoms with van der Waals surface area (Å²) in [6.07, 6.45) is -7.73. The smallest absolute Gasteiger partial charge is 0.455 e. The number of amides is 2. The van der Waals surface area contributed by atoms with Crippen LogP contribution in [0.2, 0.25) is 11.4 Å². The maximum atomic E-state index is 14.7. The number of allylic oxidation sites excluding steroid dienone is 1. The van der Waals surface area contributed by atoms with Gasteiger partial charge in [0.1, 0.15) is 5.75 Å². The lowest BCUT2D eigenvalue weighted by Crippen LogP contribution is -2.66. The fourth-order valence-electron chi connectivity index (χ4n) is 10.1. The summed E-state index contributed by atoms with van der Waals surface area (Å²) in [5.41, 5.74) is -1.15. The van der Waals surface area contributed by atoms with Crippen LogP contribution in [0.1, 0.15) is 62.4 Å². The summed E-state index contributed by atoms with van der Waals surface area (Å²) >= 11 is 0. The van der Waals surface area contributed by atoms with Crippen LogP contribution in [0.15, 0.2) is 139 Å². The van der Waals surface area contributed by atoms with Crippen LogP contribution in [0.4, 0.5) is 32.0 Å². The summed E-state index contributed by atoms with van der Waals surface area (Å²) < 4.78 is 98.5. The predicted molar refractivity (Wildman–Crippen MR) is 242 cm³/mol. The molecule has 0 bridgehead atoms. The Morgan fingerprint density at radius 2 is 1.41 bits per heavy atom. The first-order chi connectivity index (χ1) is 31.3. The molecule has 342 valence electrons. The predicted octanol–water partition coefficient (Wildman–Crippen LogP) is 9.72. The number of aromatic hydroxyl groups is 1. The molecule has 2 fully saturated rings. The lowest BCUT2D eigenvalue weighted by molar-refractivity contribution is -0.143. The largest absolute Gasteiger partial charge is 0.507 e. The fraction of sp³-hybridized carbons (Fsp3) is 0.300. The second-order valence-corrected chi connectivity index (χ2v) is 22.3. The number of carbonyl (C=O) groups is 2. The molecule has 3 aliphatic rings. The summed E-state index contributed by atoms with van der Waals surface area (Å²) in [7, 11) is -4.73. The van der Waals surface area contributed by atoms with Crippen LogP contribution < -0.4 is 15.3 Å². The number of rotatable bonds is 11. The van der Waals surface area contributed by atoms with Crippen LogP contribution in [-0.4, -0.2) is 55.1 Å². The lowest BCUT2D eigenvalue weighted by Gasteiger charge is -2.46. The zero-order chi connectivity index (χ0) is 47.2. The molecule has 8 nitrogen and oxygen atoms in total. The van der Waals surface area contributed by atoms with Crippen molar-refractivity contribution >= 4 is 55.0 Å². The minimum absolute atomic E-state index is 0.0382. The SMILES string of the molecule is CC(C)(C)[Si](OCC1=C2[C@@H](CC/C(=C/c3ccccc3O)c3ccccn3)OB(O)C[C@@H]2[C@@H]2C(=O)N(c3cc(C(F)(F)F)cc(C(F)(F)F)c3)C(=O)[C@@H]2C1)(c1ccccc1)c1ccccc1. The average Bonchev–Trinajstić information content (AvgIpc) is 3.53. The number of alkyl halides is 6. The Hall–Kier alpha value is -5.81. The first kappa shape index (κ1) is 46.7. The van der Waals surface area contributed by atoms with E-state index in [0.29, 0.717) is 45.0 Å². The Kier molecular flexibility index (Phi) is 12.8. The molecular formula is C50H47BF6N2O6Si. The van der Waals surface area contributed by atoms with E-state index in [0.717, 1.165) is 10.4 Å². The number of imide groups is 1. The van der Waals surface area contributed by atoms with Crippen LogP contribution >= 0.6 is 0 Å². The van der Waals surface area contributed by atoms with Crippen molar-refractivity contribution in [2.24, 2.45) is 17.8 Å². The molecule has 2 amide bonds. The first-order valence-corrected chi connectivity index (χ1v) is 23.6. The molecule has 1 aliphatic carbocycles. The van der Waals surface area contributed by atoms with E-state index in [1.165, 1.54) is 0 Å². The zero-order valence-corrected chi connectivity index (χ0v) is 37.3. The number of carbonyl (C=O) groups excluding carboxylic acids is 2. The van der Waals surface area contributed by atoms with Crippen molar-refractivity contribution in [3.05, 3.63) is 161 Å². The van der Waals surface area contributed by atoms with Crippen molar-refractivity contribution in [1.82, 2.24) is 4.98 Å². The van der Waals surface area contributed by atoms with Crippen LogP contribution in [0, 0.1) is 17.8 Å². The van der Waals surface area contributed by atoms with E-state index >= 15 is 0 Å². The number of hydrogen-bond donors (Lipinski definition) is 2. The third-order valence-electron chi connectivity index (χ3n) is 13.0. The van der Waals surface area contributed by atoms with Gasteiger partial charge in [-0.1, -0.05) is 106 Å². The van der Waals surface area contributed by atoms with Gasteiger partial charge in [-0.3, -0.25) is 14.6 Å². The van der Waals surface area contributed by atoms with Crippen LogP contribution in [0.25, 0.3) is 11.6 Å². The van der Waals surface area contributed by atoms with Gasteiger partial charge in [-0.2, -0.15) is 26.3 Å². The maximum Gasteiger partial charge on any atom is 0.455 e. The molecular weight excluding hydrogens is 877 g/mol. The Bertz CT molecular complexity index is 2590. The minimum atomic E-state index is -5.23. The number of hydrogen-bond acceptors (Lipinski definition) is 7. The Morgan fingerprint density at radius 1 is 0.818 bits per heavy atom. The number of fused-ring (bicyclic) bond motifs is 3. The van der Waals surface area contributed by atoms with Gasteiger partial charge in [0.15, 0.2) is 0 Å². The van der Waals surface area contributed by atoms with Crippen molar-refractivity contribution in [1.29, 1.82) is 0 Å². The van der Waals surface area contributed by atoms with Crippen molar-refractivity contribution in [2.75, 3.05) is 11.5 Å². The van der Waals surface area contributed by atoms with E-state index in [2.05, 4.69) is 25.8 Å². The molecule has 0 saturated carbocycles. The topological polar surface area (TPSA) is 109 Å². The van der Waals surface area contributed by atoms with E-state index in [-0.39, 0.29) is 44.0 Å². The van der Waals surface area contributed by atoms with Crippen molar-refractivity contribution < 1.29 is 55.1 Å². The molecule has 66 heavy (non-hydrogen) atoms. The highest BCUT2D eigenvalue weighted by Gasteiger charge is 2.59. The average molecular weight is 925 g/mol. The highest BCUT2D eigenvalue weighted by molar-refractivity contribution is 6.99. The lowest BCUT2D eigenvalue weighted by atomic mass is 9.58. The Balaban J connectivity index is 1.25. The van der Waals surface area contributed by atoms with Gasteiger partial charge in [-0.05, 0) is 106 Å². The summed E-state index contributed by atoms with van der Waals surface area (Å²) in [4.78, 5) is 34.3. The number of phenolic OH excluding ortho intramolecular Hbond substituents is 1. The number of para-hydroxylation sites is 1. The van der Waals surface area contributed by atoms with Crippen LogP contribution in [0.5, 0.6) is 5.75 Å². The maximum absolute atomic E-state index is 14.7. The molecule has 8 rings (SSSR count). The van der Waals surface area contributed by atoms with Gasteiger partial charge in [0.05, 0.1) is 47.1 Å². The van der Waals surface area contributed by atoms with Gasteiger partial charge in [-0.25, -0.2) is 4.90 Å². The molecule has 2 saturated heterocycles. The zero-order valence-electron chi connectivity index (χ0n) is 36.3. The van der Waals surface area contributed by atoms with E-state index in [1.807, 2.05) is 72.8 Å². The summed E-state index contributed by atoms with van der Waals surface area (Å²) in [5.74, 6) is -5.24. The molecule has 4 atom stereocenters. The highest BCUT2D eigenvalue weighted by Crippen LogP contribution is 2.53. The van der Waals surface area contributed by atoms with Gasteiger partial charge in [0, 0.05) is 11.8 Å². The van der Waals surface area contributed by atoms with Crippen LogP contribution in [-0.2, 0) is 31.0 Å². The van der Waals surface area contributed by atoms with Crippen LogP contribution in [0.3, 0.4) is 0 Å². The van der Waals surface area contributed by atoms with E-state index in [9.17, 15) is 46.1 Å². The second-order valence-electron chi connectivity index (χ2n) is 18.0. The molecule has 2 N–H and O–H groups in total. The fourth-order valence-corrected chi connectivity index (χ4v) is 14.6. The highest BCUT2D eigenvalue weighted by atomic mass is 28.4. The number of benzene rings is 4. The van der Waals surface area contributed by atoms with E-state index in [4.69, 9.17) is 9.08 Å². The molecule has 0 unspecified atom stereocenters. The van der Waals surface area contributed by atoms with Gasteiger partial charge in [-0.15, -0.1) is 0 Å². The van der Waals surface area contributed by atoms with Crippen molar-refractivity contribution in [2.45, 2.75) is 69.8 Å². The van der Waals surface area contributed by atoms with Gasteiger partial charge < -0.3 is 19.2 Å². The number of aromatic nitrogens is 1. The van der Waals surface area contributed by atoms with Gasteiger partial charge >= 0.3 is 19.5 Å². The number of phenols is 1. The quantitative estimate of drug-likeness (QED) is 0.0588. The number of anilines is 1. The molecule has 2 aliphatic heterocycles. The summed E-state index contributed by atoms with van der Waals surface area (Å²) in [6.45, 7) is 6.22. The molecule has 1 aromatic heterocycles. The summed E-state index contributed by atoms with van der Waals surface area (Å²) in [5, 5.41) is 23.6. The van der Waals surface area contributed by atoms with Gasteiger partial charge in [0.2, 0.25) is 11.8 Å². The molecule has 5 aromatic rings. The Morgan fingerprint density at radius 3 is 1.97 bits per heavy atom. The van der Waals surface area contributed by atoms with Gasteiger partial charge in [0.25, 0.3) is 8.32 Å². The third-order valence-corrected chi connectivity index (χ3v) is 17.9. The standard InChI is InChI=1S/C50H47BF6N2O6Si/c1-48(2,3)66(37-15-6-4-7-16-37,38-17-8-5-9-18-38)64-30-33-25-39-45(47(62)59(46(39)61)36-27-34(49(52,53)54)26-35(28-36)50(55,56)57)40-29-51(63)65-43(44(33)40)22-21-31(41-19-12-13-23-58-41)24-32-14-10-11-20-42(32)60/h4-20,23-24,26-28,39-40,43,45,60,63H,21-22,25,29-30H2,1-3H3/b31-24-/t39-,40+,43-,45-/m1/s1. The third kappa shape index (κ3) is 9.03. The van der Waals surface area contributed by atoms with Crippen molar-refractivity contribution in [3.8, 4) is 5.75 Å². The minimum Gasteiger partial charge on any atom is -0.507 e. The van der Waals surface area contributed by atoms with E-state index < -0.39 is 85.3 Å². The molecule has 16 heteroatoms. The van der Waals surface area contributed by atoms with Crippen molar-refractivity contribution in [3.63, 3.8) is 0 Å². The summed E-state index contributed by atoms with van der Waals surface area (Å²) in [6, 6.07) is 32.5. The first-order valence-electron chi connectivity index (χ1n) is 21.7. The van der Waals surface area contributed by atoms with E-state index in [1.54, 1.807) is 42.6 Å². The number of halogens is 6. The molecule has 0 spiro atoms. The molecule has 4 aromatic carbocycles. The Labute approximate surface area is 379 Å². The molecule has 3 heterocycles. The number of pyridine rings is 1. The number of nitrogens with zero attached hydrogens (tertiary/aromatic N) is 2. The monoisotopic (exact) mass is 924 g/mol. The normalized spacial score (nSPS) is 20.7.